The van der Waals surface area contributed by atoms with E-state index in [9.17, 15) is 5.11 Å². The Kier molecular flexibility index (Phi) is 8.01. The molecule has 0 saturated carbocycles. The highest BCUT2D eigenvalue weighted by atomic mass is 35.5. The Morgan fingerprint density at radius 1 is 1.18 bits per heavy atom. The van der Waals surface area contributed by atoms with Gasteiger partial charge < -0.3 is 15.2 Å². The van der Waals surface area contributed by atoms with E-state index in [1.807, 2.05) is 30.3 Å². The molecule has 3 nitrogen and oxygen atoms in total. The molecule has 0 amide bonds. The molecule has 22 heavy (non-hydrogen) atoms. The highest BCUT2D eigenvalue weighted by molar-refractivity contribution is 6.35. The third-order valence-electron chi connectivity index (χ3n) is 3.13. The maximum Gasteiger partial charge on any atom is 0.142 e. The number of aliphatic hydroxyl groups is 1. The molecule has 1 atom stereocenters. The molecule has 0 aliphatic rings. The van der Waals surface area contributed by atoms with Crippen LogP contribution >= 0.6 is 35.6 Å². The number of halogens is 3. The predicted molar refractivity (Wildman–Crippen MR) is 93.4 cm³/mol. The molecule has 0 saturated heterocycles. The Hall–Kier alpha value is -0.970. The molecular weight excluding hydrogens is 345 g/mol. The van der Waals surface area contributed by atoms with E-state index in [0.29, 0.717) is 28.9 Å². The Morgan fingerprint density at radius 3 is 2.50 bits per heavy atom. The van der Waals surface area contributed by atoms with Crippen LogP contribution in [0.5, 0.6) is 5.75 Å². The molecule has 0 heterocycles. The number of hydrogen-bond donors (Lipinski definition) is 2. The lowest BCUT2D eigenvalue weighted by Crippen LogP contribution is -2.21. The van der Waals surface area contributed by atoms with Crippen molar-refractivity contribution < 1.29 is 9.84 Å². The second-order valence-electron chi connectivity index (χ2n) is 4.64. The molecule has 0 bridgehead atoms. The third-order valence-corrected chi connectivity index (χ3v) is 3.63. The fourth-order valence-electron chi connectivity index (χ4n) is 2.11. The van der Waals surface area contributed by atoms with E-state index >= 15 is 0 Å². The highest BCUT2D eigenvalue weighted by Crippen LogP contribution is 2.32. The summed E-state index contributed by atoms with van der Waals surface area (Å²) in [6.45, 7) is 0.935. The van der Waals surface area contributed by atoms with Crippen molar-refractivity contribution >= 4 is 35.6 Å². The molecule has 120 valence electrons. The van der Waals surface area contributed by atoms with E-state index in [4.69, 9.17) is 27.9 Å². The van der Waals surface area contributed by atoms with Gasteiger partial charge in [0.2, 0.25) is 0 Å². The summed E-state index contributed by atoms with van der Waals surface area (Å²) < 4.78 is 5.28. The quantitative estimate of drug-likeness (QED) is 0.807. The number of methoxy groups -OCH3 is 1. The van der Waals surface area contributed by atoms with Gasteiger partial charge >= 0.3 is 0 Å². The van der Waals surface area contributed by atoms with Crippen molar-refractivity contribution in [2.24, 2.45) is 0 Å². The average Bonchev–Trinajstić information content (AvgIpc) is 2.47. The number of aliphatic hydroxyl groups excluding tert-OH is 1. The van der Waals surface area contributed by atoms with Gasteiger partial charge in [-0.3, -0.25) is 0 Å². The minimum absolute atomic E-state index is 0. The lowest BCUT2D eigenvalue weighted by molar-refractivity contribution is 0.174. The zero-order valence-corrected chi connectivity index (χ0v) is 14.4. The Balaban J connectivity index is 0.00000242. The summed E-state index contributed by atoms with van der Waals surface area (Å²) in [4.78, 5) is 0. The molecule has 0 aliphatic carbocycles. The van der Waals surface area contributed by atoms with E-state index in [2.05, 4.69) is 5.32 Å². The number of hydrogen-bond acceptors (Lipinski definition) is 3. The van der Waals surface area contributed by atoms with Crippen molar-refractivity contribution in [1.82, 2.24) is 5.32 Å². The lowest BCUT2D eigenvalue weighted by atomic mass is 10.1. The van der Waals surface area contributed by atoms with Gasteiger partial charge in [0.25, 0.3) is 0 Å². The van der Waals surface area contributed by atoms with Crippen LogP contribution < -0.4 is 10.1 Å². The predicted octanol–water partition coefficient (Wildman–Crippen LogP) is 4.25. The first-order valence-electron chi connectivity index (χ1n) is 6.57. The smallest absolute Gasteiger partial charge is 0.142 e. The Labute approximate surface area is 146 Å². The van der Waals surface area contributed by atoms with Crippen molar-refractivity contribution in [3.63, 3.8) is 0 Å². The zero-order chi connectivity index (χ0) is 15.2. The Morgan fingerprint density at radius 2 is 1.86 bits per heavy atom. The summed E-state index contributed by atoms with van der Waals surface area (Å²) in [7, 11) is 1.57. The zero-order valence-electron chi connectivity index (χ0n) is 12.1. The fourth-order valence-corrected chi connectivity index (χ4v) is 2.72. The molecule has 0 fully saturated rings. The SMILES string of the molecule is COc1c(Cl)cc(Cl)cc1CNCC(O)c1ccccc1.Cl. The highest BCUT2D eigenvalue weighted by Gasteiger charge is 2.11. The van der Waals surface area contributed by atoms with Crippen LogP contribution in [0.3, 0.4) is 0 Å². The number of nitrogens with one attached hydrogen (secondary N) is 1. The van der Waals surface area contributed by atoms with Crippen LogP contribution in [0.4, 0.5) is 0 Å². The fraction of sp³-hybridized carbons (Fsp3) is 0.250. The van der Waals surface area contributed by atoms with Crippen LogP contribution in [0.1, 0.15) is 17.2 Å². The van der Waals surface area contributed by atoms with Crippen molar-refractivity contribution in [2.75, 3.05) is 13.7 Å². The van der Waals surface area contributed by atoms with Crippen LogP contribution in [-0.4, -0.2) is 18.8 Å². The molecule has 2 aromatic rings. The first-order chi connectivity index (χ1) is 10.1. The van der Waals surface area contributed by atoms with Gasteiger partial charge in [-0.05, 0) is 17.7 Å². The van der Waals surface area contributed by atoms with Crippen LogP contribution in [0, 0.1) is 0 Å². The molecule has 2 rings (SSSR count). The van der Waals surface area contributed by atoms with Crippen LogP contribution in [0.15, 0.2) is 42.5 Å². The molecule has 2 aromatic carbocycles. The van der Waals surface area contributed by atoms with E-state index < -0.39 is 6.10 Å². The second-order valence-corrected chi connectivity index (χ2v) is 5.48. The number of benzene rings is 2. The van der Waals surface area contributed by atoms with Gasteiger partial charge in [-0.15, -0.1) is 12.4 Å². The van der Waals surface area contributed by atoms with E-state index in [1.54, 1.807) is 19.2 Å². The molecule has 1 unspecified atom stereocenters. The number of ether oxygens (including phenoxy) is 1. The molecular formula is C16H18Cl3NO2. The summed E-state index contributed by atoms with van der Waals surface area (Å²) in [6, 6.07) is 12.9. The van der Waals surface area contributed by atoms with Crippen molar-refractivity contribution in [3.05, 3.63) is 63.6 Å². The summed E-state index contributed by atoms with van der Waals surface area (Å²) in [5.74, 6) is 0.600. The first kappa shape index (κ1) is 19.1. The third kappa shape index (κ3) is 5.04. The maximum absolute atomic E-state index is 10.1. The van der Waals surface area contributed by atoms with Gasteiger partial charge in [0, 0.05) is 23.7 Å². The van der Waals surface area contributed by atoms with Crippen LogP contribution in [-0.2, 0) is 6.54 Å². The molecule has 6 heteroatoms. The molecule has 2 N–H and O–H groups in total. The van der Waals surface area contributed by atoms with Crippen LogP contribution in [0.2, 0.25) is 10.0 Å². The normalized spacial score (nSPS) is 11.6. The maximum atomic E-state index is 10.1. The van der Waals surface area contributed by atoms with Crippen molar-refractivity contribution in [1.29, 1.82) is 0 Å². The summed E-state index contributed by atoms with van der Waals surface area (Å²) in [5, 5.41) is 14.3. The molecule has 0 radical (unpaired) electrons. The van der Waals surface area contributed by atoms with Gasteiger partial charge in [-0.1, -0.05) is 53.5 Å². The monoisotopic (exact) mass is 361 g/mol. The topological polar surface area (TPSA) is 41.5 Å². The van der Waals surface area contributed by atoms with Gasteiger partial charge in [-0.25, -0.2) is 0 Å². The van der Waals surface area contributed by atoms with Crippen LogP contribution in [0.25, 0.3) is 0 Å². The molecule has 0 spiro atoms. The minimum Gasteiger partial charge on any atom is -0.495 e. The Bertz CT molecular complexity index is 593. The minimum atomic E-state index is -0.563. The van der Waals surface area contributed by atoms with Crippen molar-refractivity contribution in [3.8, 4) is 5.75 Å². The summed E-state index contributed by atoms with van der Waals surface area (Å²) in [5.41, 5.74) is 1.73. The first-order valence-corrected chi connectivity index (χ1v) is 7.33. The van der Waals surface area contributed by atoms with E-state index in [1.165, 1.54) is 0 Å². The standard InChI is InChI=1S/C16H17Cl2NO2.ClH/c1-21-16-12(7-13(17)8-14(16)18)9-19-10-15(20)11-5-3-2-4-6-11;/h2-8,15,19-20H,9-10H2,1H3;1H. The van der Waals surface area contributed by atoms with E-state index in [-0.39, 0.29) is 12.4 Å². The number of rotatable bonds is 6. The van der Waals surface area contributed by atoms with Gasteiger partial charge in [0.15, 0.2) is 0 Å². The molecule has 0 aromatic heterocycles. The van der Waals surface area contributed by atoms with Gasteiger partial charge in [-0.2, -0.15) is 0 Å². The largest absolute Gasteiger partial charge is 0.495 e. The van der Waals surface area contributed by atoms with Gasteiger partial charge in [0.1, 0.15) is 5.75 Å². The van der Waals surface area contributed by atoms with Crippen molar-refractivity contribution in [2.45, 2.75) is 12.6 Å². The van der Waals surface area contributed by atoms with E-state index in [0.717, 1.165) is 11.1 Å². The van der Waals surface area contributed by atoms with Gasteiger partial charge in [0.05, 0.1) is 18.2 Å². The second kappa shape index (κ2) is 9.23. The summed E-state index contributed by atoms with van der Waals surface area (Å²) in [6.07, 6.45) is -0.563. The lowest BCUT2D eigenvalue weighted by Gasteiger charge is -2.14. The molecule has 0 aliphatic heterocycles. The average molecular weight is 363 g/mol. The summed E-state index contributed by atoms with van der Waals surface area (Å²) >= 11 is 12.1.